The Morgan fingerprint density at radius 2 is 1.95 bits per heavy atom. The summed E-state index contributed by atoms with van der Waals surface area (Å²) < 4.78 is 11.9. The Balaban J connectivity index is 1.52. The second kappa shape index (κ2) is 7.91. The molecule has 0 aromatic carbocycles. The van der Waals surface area contributed by atoms with Gasteiger partial charge in [0.2, 0.25) is 0 Å². The quantitative estimate of drug-likeness (QED) is 0.732. The fraction of sp³-hybridized carbons (Fsp3) is 1.00. The predicted octanol–water partition coefficient (Wildman–Crippen LogP) is 2.42. The molecule has 0 bridgehead atoms. The molecule has 0 saturated carbocycles. The van der Waals surface area contributed by atoms with Crippen molar-refractivity contribution in [1.29, 1.82) is 0 Å². The Morgan fingerprint density at radius 3 is 2.62 bits per heavy atom. The zero-order valence-electron chi connectivity index (χ0n) is 14.4. The molecule has 0 aromatic rings. The number of nitrogens with one attached hydrogen (secondary N) is 1. The van der Waals surface area contributed by atoms with Crippen molar-refractivity contribution in [3.05, 3.63) is 0 Å². The van der Waals surface area contributed by atoms with Crippen molar-refractivity contribution >= 4 is 0 Å². The van der Waals surface area contributed by atoms with Crippen LogP contribution in [0.1, 0.15) is 52.9 Å². The summed E-state index contributed by atoms with van der Waals surface area (Å²) in [6.07, 6.45) is 6.80. The molecule has 3 atom stereocenters. The molecule has 2 heterocycles. The van der Waals surface area contributed by atoms with Gasteiger partial charge < -0.3 is 19.7 Å². The zero-order valence-corrected chi connectivity index (χ0v) is 14.4. The molecule has 0 aliphatic carbocycles. The molecule has 124 valence electrons. The molecule has 21 heavy (non-hydrogen) atoms. The van der Waals surface area contributed by atoms with Crippen molar-refractivity contribution < 1.29 is 9.47 Å². The molecule has 2 rings (SSSR count). The van der Waals surface area contributed by atoms with Crippen LogP contribution in [0.4, 0.5) is 0 Å². The van der Waals surface area contributed by atoms with E-state index in [1.165, 1.54) is 19.4 Å². The lowest BCUT2D eigenvalue weighted by atomic mass is 10.1. The number of hydrogen-bond donors (Lipinski definition) is 1. The lowest BCUT2D eigenvalue weighted by Gasteiger charge is -2.23. The van der Waals surface area contributed by atoms with E-state index in [1.54, 1.807) is 0 Å². The third-order valence-electron chi connectivity index (χ3n) is 4.63. The molecule has 0 aromatic heterocycles. The monoisotopic (exact) mass is 298 g/mol. The Hall–Kier alpha value is -0.160. The zero-order chi connectivity index (χ0) is 15.3. The highest BCUT2D eigenvalue weighted by molar-refractivity contribution is 4.79. The van der Waals surface area contributed by atoms with Gasteiger partial charge in [0.15, 0.2) is 0 Å². The number of nitrogens with zero attached hydrogens (tertiary/aromatic N) is 1. The highest BCUT2D eigenvalue weighted by Gasteiger charge is 2.26. The van der Waals surface area contributed by atoms with Crippen LogP contribution in [0.5, 0.6) is 0 Å². The predicted molar refractivity (Wildman–Crippen MR) is 86.7 cm³/mol. The maximum Gasteiger partial charge on any atom is 0.0813 e. The van der Waals surface area contributed by atoms with Crippen LogP contribution >= 0.6 is 0 Å². The van der Waals surface area contributed by atoms with Gasteiger partial charge in [-0.3, -0.25) is 0 Å². The minimum absolute atomic E-state index is 0.172. The molecule has 0 amide bonds. The maximum absolute atomic E-state index is 6.05. The van der Waals surface area contributed by atoms with Gasteiger partial charge >= 0.3 is 0 Å². The first-order valence-corrected chi connectivity index (χ1v) is 8.62. The van der Waals surface area contributed by atoms with Gasteiger partial charge in [0, 0.05) is 24.7 Å². The topological polar surface area (TPSA) is 33.7 Å². The van der Waals surface area contributed by atoms with Gasteiger partial charge in [0.05, 0.1) is 18.8 Å². The van der Waals surface area contributed by atoms with Gasteiger partial charge in [-0.1, -0.05) is 0 Å². The van der Waals surface area contributed by atoms with E-state index < -0.39 is 0 Å². The lowest BCUT2D eigenvalue weighted by molar-refractivity contribution is -0.0184. The van der Waals surface area contributed by atoms with Gasteiger partial charge in [-0.15, -0.1) is 0 Å². The van der Waals surface area contributed by atoms with E-state index in [1.807, 2.05) is 0 Å². The first-order valence-electron chi connectivity index (χ1n) is 8.62. The van der Waals surface area contributed by atoms with Crippen LogP contribution < -0.4 is 5.32 Å². The number of rotatable bonds is 7. The molecule has 0 spiro atoms. The van der Waals surface area contributed by atoms with Crippen LogP contribution in [0.15, 0.2) is 0 Å². The molecular formula is C17H34N2O2. The smallest absolute Gasteiger partial charge is 0.0813 e. The SMILES string of the molecule is CN1CCCC1CCOCC1CCC(CNC(C)(C)C)O1. The Kier molecular flexibility index (Phi) is 6.48. The first kappa shape index (κ1) is 17.2. The summed E-state index contributed by atoms with van der Waals surface area (Å²) in [4.78, 5) is 2.46. The summed E-state index contributed by atoms with van der Waals surface area (Å²) in [6, 6.07) is 0.734. The molecule has 0 radical (unpaired) electrons. The molecule has 4 nitrogen and oxygen atoms in total. The largest absolute Gasteiger partial charge is 0.379 e. The van der Waals surface area contributed by atoms with E-state index in [2.05, 4.69) is 38.0 Å². The van der Waals surface area contributed by atoms with E-state index in [-0.39, 0.29) is 5.54 Å². The van der Waals surface area contributed by atoms with Crippen molar-refractivity contribution in [1.82, 2.24) is 10.2 Å². The fourth-order valence-corrected chi connectivity index (χ4v) is 3.25. The lowest BCUT2D eigenvalue weighted by Crippen LogP contribution is -2.41. The van der Waals surface area contributed by atoms with Crippen LogP contribution in [-0.2, 0) is 9.47 Å². The summed E-state index contributed by atoms with van der Waals surface area (Å²) >= 11 is 0. The highest BCUT2D eigenvalue weighted by Crippen LogP contribution is 2.21. The Labute approximate surface area is 130 Å². The summed E-state index contributed by atoms with van der Waals surface area (Å²) in [6.45, 7) is 10.4. The van der Waals surface area contributed by atoms with Crippen molar-refractivity contribution in [2.75, 3.05) is 33.4 Å². The van der Waals surface area contributed by atoms with Crippen LogP contribution in [0.25, 0.3) is 0 Å². The van der Waals surface area contributed by atoms with Crippen LogP contribution in [-0.4, -0.2) is 62.0 Å². The van der Waals surface area contributed by atoms with Gasteiger partial charge in [-0.2, -0.15) is 0 Å². The molecule has 2 saturated heterocycles. The summed E-state index contributed by atoms with van der Waals surface area (Å²) in [5.41, 5.74) is 0.172. The molecule has 2 fully saturated rings. The third-order valence-corrected chi connectivity index (χ3v) is 4.63. The summed E-state index contributed by atoms with van der Waals surface area (Å²) in [5, 5.41) is 3.52. The van der Waals surface area contributed by atoms with Gasteiger partial charge in [0.1, 0.15) is 0 Å². The van der Waals surface area contributed by atoms with Crippen LogP contribution in [0.3, 0.4) is 0 Å². The second-order valence-corrected chi connectivity index (χ2v) is 7.73. The minimum atomic E-state index is 0.172. The molecule has 4 heteroatoms. The summed E-state index contributed by atoms with van der Waals surface area (Å²) in [7, 11) is 2.23. The van der Waals surface area contributed by atoms with Gasteiger partial charge in [-0.25, -0.2) is 0 Å². The van der Waals surface area contributed by atoms with E-state index in [0.717, 1.165) is 45.1 Å². The standard InChI is InChI=1S/C17H34N2O2/c1-17(2,3)18-12-15-7-8-16(21-15)13-20-11-9-14-6-5-10-19(14)4/h14-16,18H,5-13H2,1-4H3. The molecule has 2 aliphatic heterocycles. The number of ether oxygens (including phenoxy) is 2. The highest BCUT2D eigenvalue weighted by atomic mass is 16.5. The van der Waals surface area contributed by atoms with Crippen molar-refractivity contribution in [3.63, 3.8) is 0 Å². The fourth-order valence-electron chi connectivity index (χ4n) is 3.25. The van der Waals surface area contributed by atoms with Crippen LogP contribution in [0, 0.1) is 0 Å². The third kappa shape index (κ3) is 6.23. The number of likely N-dealkylation sites (tertiary alicyclic amines) is 1. The van der Waals surface area contributed by atoms with Crippen LogP contribution in [0.2, 0.25) is 0 Å². The van der Waals surface area contributed by atoms with E-state index in [4.69, 9.17) is 9.47 Å². The van der Waals surface area contributed by atoms with Gasteiger partial charge in [-0.05, 0) is 66.5 Å². The Morgan fingerprint density at radius 1 is 1.19 bits per heavy atom. The Bertz CT molecular complexity index is 304. The number of hydrogen-bond acceptors (Lipinski definition) is 4. The summed E-state index contributed by atoms with van der Waals surface area (Å²) in [5.74, 6) is 0. The normalized spacial score (nSPS) is 31.1. The van der Waals surface area contributed by atoms with Crippen molar-refractivity contribution in [2.24, 2.45) is 0 Å². The van der Waals surface area contributed by atoms with Crippen molar-refractivity contribution in [3.8, 4) is 0 Å². The average molecular weight is 298 g/mol. The second-order valence-electron chi connectivity index (χ2n) is 7.73. The van der Waals surface area contributed by atoms with E-state index in [0.29, 0.717) is 12.2 Å². The minimum Gasteiger partial charge on any atom is -0.379 e. The maximum atomic E-state index is 6.05. The first-order chi connectivity index (χ1) is 9.94. The molecule has 1 N–H and O–H groups in total. The molecular weight excluding hydrogens is 264 g/mol. The van der Waals surface area contributed by atoms with E-state index >= 15 is 0 Å². The average Bonchev–Trinajstić information content (AvgIpc) is 3.01. The molecule has 3 unspecified atom stereocenters. The molecule has 2 aliphatic rings. The van der Waals surface area contributed by atoms with Crippen molar-refractivity contribution in [2.45, 2.75) is 76.7 Å². The van der Waals surface area contributed by atoms with E-state index in [9.17, 15) is 0 Å². The van der Waals surface area contributed by atoms with Gasteiger partial charge in [0.25, 0.3) is 0 Å².